The number of nitrogens with one attached hydrogen (secondary N) is 1. The molecule has 1 atom stereocenters. The number of para-hydroxylation sites is 1. The quantitative estimate of drug-likeness (QED) is 0.883. The largest absolute Gasteiger partial charge is 0.467 e. The minimum Gasteiger partial charge on any atom is -0.467 e. The average molecular weight is 296 g/mol. The number of anilines is 1. The number of fused-ring (bicyclic) bond motifs is 1. The summed E-state index contributed by atoms with van der Waals surface area (Å²) in [5.74, 6) is -0.637. The summed E-state index contributed by atoms with van der Waals surface area (Å²) in [4.78, 5) is 24.7. The number of esters is 1. The Hall–Kier alpha value is -2.82. The fraction of sp³-hybridized carbons (Fsp3) is 0.176. The van der Waals surface area contributed by atoms with E-state index in [0.717, 1.165) is 16.8 Å². The lowest BCUT2D eigenvalue weighted by molar-refractivity contribution is -0.152. The van der Waals surface area contributed by atoms with E-state index in [1.54, 1.807) is 0 Å². The maximum Gasteiger partial charge on any atom is 0.335 e. The third-order valence-corrected chi connectivity index (χ3v) is 3.67. The number of amides is 1. The number of carbonyl (C=O) groups excluding carboxylic acids is 2. The third kappa shape index (κ3) is 2.53. The monoisotopic (exact) mass is 296 g/mol. The fourth-order valence-corrected chi connectivity index (χ4v) is 2.62. The highest BCUT2D eigenvalue weighted by Crippen LogP contribution is 2.31. The first-order valence-electron chi connectivity index (χ1n) is 7.00. The molecule has 0 aromatic heterocycles. The minimum atomic E-state index is -0.789. The summed E-state index contributed by atoms with van der Waals surface area (Å²) >= 11 is 0. The zero-order valence-corrected chi connectivity index (χ0v) is 12.2. The van der Waals surface area contributed by atoms with Crippen LogP contribution in [0.5, 0.6) is 0 Å². The number of ether oxygens (including phenoxy) is 1. The molecule has 0 aliphatic carbocycles. The molecule has 5 heteroatoms. The van der Waals surface area contributed by atoms with Gasteiger partial charge < -0.3 is 4.74 Å². The average Bonchev–Trinajstić information content (AvgIpc) is 2.56. The normalized spacial score (nSPS) is 16.9. The van der Waals surface area contributed by atoms with Crippen LogP contribution in [0.15, 0.2) is 54.6 Å². The van der Waals surface area contributed by atoms with Gasteiger partial charge in [0.05, 0.1) is 19.2 Å². The second kappa shape index (κ2) is 5.89. The molecule has 2 aromatic rings. The van der Waals surface area contributed by atoms with E-state index in [9.17, 15) is 9.59 Å². The van der Waals surface area contributed by atoms with Gasteiger partial charge in [0, 0.05) is 0 Å². The van der Waals surface area contributed by atoms with Crippen LogP contribution in [0.2, 0.25) is 0 Å². The molecule has 0 spiro atoms. The van der Waals surface area contributed by atoms with Crippen LogP contribution >= 0.6 is 0 Å². The van der Waals surface area contributed by atoms with E-state index in [4.69, 9.17) is 4.74 Å². The standard InChI is InChI=1S/C17H16N2O3/c1-22-17(21)16-14-10-6-5-7-12(14)11-15(20)19(16)18-13-8-3-2-4-9-13/h2-10,16,18H,11H2,1H3. The number of hydrazine groups is 1. The van der Waals surface area contributed by atoms with Crippen LogP contribution in [0, 0.1) is 0 Å². The van der Waals surface area contributed by atoms with Crippen molar-refractivity contribution in [2.45, 2.75) is 12.5 Å². The Morgan fingerprint density at radius 3 is 2.55 bits per heavy atom. The van der Waals surface area contributed by atoms with Gasteiger partial charge in [0.2, 0.25) is 5.91 Å². The number of nitrogens with zero attached hydrogens (tertiary/aromatic N) is 1. The number of benzene rings is 2. The number of carbonyl (C=O) groups is 2. The van der Waals surface area contributed by atoms with E-state index in [1.807, 2.05) is 54.6 Å². The smallest absolute Gasteiger partial charge is 0.335 e. The zero-order chi connectivity index (χ0) is 15.5. The van der Waals surface area contributed by atoms with Gasteiger partial charge in [0.25, 0.3) is 0 Å². The van der Waals surface area contributed by atoms with E-state index >= 15 is 0 Å². The number of hydrogen-bond donors (Lipinski definition) is 1. The molecule has 1 heterocycles. The molecule has 112 valence electrons. The highest BCUT2D eigenvalue weighted by Gasteiger charge is 2.38. The first-order chi connectivity index (χ1) is 10.7. The van der Waals surface area contributed by atoms with E-state index in [0.29, 0.717) is 0 Å². The Morgan fingerprint density at radius 2 is 1.82 bits per heavy atom. The summed E-state index contributed by atoms with van der Waals surface area (Å²) in [7, 11) is 1.32. The second-order valence-electron chi connectivity index (χ2n) is 5.04. The summed E-state index contributed by atoms with van der Waals surface area (Å²) in [6, 6.07) is 15.9. The van der Waals surface area contributed by atoms with Gasteiger partial charge in [0.1, 0.15) is 0 Å². The maximum atomic E-state index is 12.4. The Labute approximate surface area is 128 Å². The van der Waals surface area contributed by atoms with Gasteiger partial charge in [-0.3, -0.25) is 10.2 Å². The summed E-state index contributed by atoms with van der Waals surface area (Å²) < 4.78 is 4.89. The van der Waals surface area contributed by atoms with Crippen molar-refractivity contribution in [3.63, 3.8) is 0 Å². The number of rotatable bonds is 3. The molecule has 0 radical (unpaired) electrons. The SMILES string of the molecule is COC(=O)C1c2ccccc2CC(=O)N1Nc1ccccc1. The molecular formula is C17H16N2O3. The second-order valence-corrected chi connectivity index (χ2v) is 5.04. The van der Waals surface area contributed by atoms with Crippen LogP contribution in [-0.4, -0.2) is 24.0 Å². The van der Waals surface area contributed by atoms with Crippen molar-refractivity contribution in [3.8, 4) is 0 Å². The van der Waals surface area contributed by atoms with Gasteiger partial charge in [-0.25, -0.2) is 9.80 Å². The van der Waals surface area contributed by atoms with Gasteiger partial charge in [-0.15, -0.1) is 0 Å². The predicted octanol–water partition coefficient (Wildman–Crippen LogP) is 2.31. The lowest BCUT2D eigenvalue weighted by Crippen LogP contribution is -2.47. The van der Waals surface area contributed by atoms with Gasteiger partial charge >= 0.3 is 5.97 Å². The Kier molecular flexibility index (Phi) is 3.78. The summed E-state index contributed by atoms with van der Waals surface area (Å²) in [5.41, 5.74) is 5.40. The van der Waals surface area contributed by atoms with Crippen LogP contribution in [0.1, 0.15) is 17.2 Å². The van der Waals surface area contributed by atoms with Crippen molar-refractivity contribution in [1.82, 2.24) is 5.01 Å². The van der Waals surface area contributed by atoms with Crippen LogP contribution in [0.25, 0.3) is 0 Å². The van der Waals surface area contributed by atoms with Gasteiger partial charge in [0.15, 0.2) is 6.04 Å². The van der Waals surface area contributed by atoms with Crippen molar-refractivity contribution >= 4 is 17.6 Å². The molecule has 1 aliphatic heterocycles. The van der Waals surface area contributed by atoms with E-state index in [1.165, 1.54) is 12.1 Å². The van der Waals surface area contributed by atoms with Gasteiger partial charge in [-0.05, 0) is 23.3 Å². The lowest BCUT2D eigenvalue weighted by atomic mass is 9.93. The summed E-state index contributed by atoms with van der Waals surface area (Å²) in [5, 5.41) is 1.35. The highest BCUT2D eigenvalue weighted by atomic mass is 16.5. The molecule has 0 saturated carbocycles. The molecule has 5 nitrogen and oxygen atoms in total. The van der Waals surface area contributed by atoms with Crippen molar-refractivity contribution in [2.75, 3.05) is 12.5 Å². The van der Waals surface area contributed by atoms with Crippen molar-refractivity contribution < 1.29 is 14.3 Å². The molecule has 0 fully saturated rings. The lowest BCUT2D eigenvalue weighted by Gasteiger charge is -2.35. The predicted molar refractivity (Wildman–Crippen MR) is 81.8 cm³/mol. The molecule has 1 unspecified atom stereocenters. The molecule has 0 bridgehead atoms. The van der Waals surface area contributed by atoms with Crippen molar-refractivity contribution in [3.05, 3.63) is 65.7 Å². The Balaban J connectivity index is 2.00. The van der Waals surface area contributed by atoms with Crippen LogP contribution < -0.4 is 5.43 Å². The molecule has 1 amide bonds. The molecule has 2 aromatic carbocycles. The van der Waals surface area contributed by atoms with E-state index in [2.05, 4.69) is 5.43 Å². The van der Waals surface area contributed by atoms with Crippen LogP contribution in [0.4, 0.5) is 5.69 Å². The Bertz CT molecular complexity index is 700. The zero-order valence-electron chi connectivity index (χ0n) is 12.2. The summed E-state index contributed by atoms with van der Waals surface area (Å²) in [6.45, 7) is 0. The van der Waals surface area contributed by atoms with E-state index in [-0.39, 0.29) is 12.3 Å². The number of hydrogen-bond acceptors (Lipinski definition) is 4. The molecule has 22 heavy (non-hydrogen) atoms. The summed E-state index contributed by atoms with van der Waals surface area (Å²) in [6.07, 6.45) is 0.253. The number of methoxy groups -OCH3 is 1. The van der Waals surface area contributed by atoms with Gasteiger partial charge in [-0.1, -0.05) is 42.5 Å². The third-order valence-electron chi connectivity index (χ3n) is 3.67. The molecule has 0 saturated heterocycles. The molecule has 1 N–H and O–H groups in total. The first-order valence-corrected chi connectivity index (χ1v) is 7.00. The van der Waals surface area contributed by atoms with Gasteiger partial charge in [-0.2, -0.15) is 0 Å². The molecule has 1 aliphatic rings. The Morgan fingerprint density at radius 1 is 1.14 bits per heavy atom. The van der Waals surface area contributed by atoms with E-state index < -0.39 is 12.0 Å². The van der Waals surface area contributed by atoms with Crippen LogP contribution in [-0.2, 0) is 20.7 Å². The van der Waals surface area contributed by atoms with Crippen molar-refractivity contribution in [2.24, 2.45) is 0 Å². The minimum absolute atomic E-state index is 0.169. The topological polar surface area (TPSA) is 58.6 Å². The highest BCUT2D eigenvalue weighted by molar-refractivity contribution is 5.90. The van der Waals surface area contributed by atoms with Crippen molar-refractivity contribution in [1.29, 1.82) is 0 Å². The molecule has 3 rings (SSSR count). The fourth-order valence-electron chi connectivity index (χ4n) is 2.62. The maximum absolute atomic E-state index is 12.4. The molecular weight excluding hydrogens is 280 g/mol. The first kappa shape index (κ1) is 14.1. The van der Waals surface area contributed by atoms with Crippen LogP contribution in [0.3, 0.4) is 0 Å².